The highest BCUT2D eigenvalue weighted by atomic mass is 32.2. The van der Waals surface area contributed by atoms with Crippen LogP contribution in [-0.2, 0) is 16.4 Å². The summed E-state index contributed by atoms with van der Waals surface area (Å²) in [5, 5.41) is 7.78. The molecule has 0 radical (unpaired) electrons. The fourth-order valence-electron chi connectivity index (χ4n) is 2.92. The Bertz CT molecular complexity index is 1080. The fourth-order valence-corrected chi connectivity index (χ4v) is 4.03. The average molecular weight is 395 g/mol. The van der Waals surface area contributed by atoms with E-state index in [1.165, 1.54) is 12.1 Å². The fraction of sp³-hybridized carbons (Fsp3) is 0.0500. The maximum Gasteiger partial charge on any atom is 0.261 e. The van der Waals surface area contributed by atoms with E-state index in [0.717, 1.165) is 5.56 Å². The molecule has 28 heavy (non-hydrogen) atoms. The quantitative estimate of drug-likeness (QED) is 0.181. The van der Waals surface area contributed by atoms with Gasteiger partial charge in [-0.1, -0.05) is 48.5 Å². The molecule has 3 rings (SSSR count). The van der Waals surface area contributed by atoms with Crippen molar-refractivity contribution in [2.75, 3.05) is 10.1 Å². The Morgan fingerprint density at radius 2 is 1.54 bits per heavy atom. The Labute approximate surface area is 163 Å². The summed E-state index contributed by atoms with van der Waals surface area (Å²) < 4.78 is 28.2. The largest absolute Gasteiger partial charge is 0.384 e. The molecule has 8 heteroatoms. The molecule has 0 aliphatic carbocycles. The van der Waals surface area contributed by atoms with Gasteiger partial charge in [0.15, 0.2) is 0 Å². The molecule has 0 unspecified atom stereocenters. The summed E-state index contributed by atoms with van der Waals surface area (Å²) in [6.45, 7) is 0. The third-order valence-corrected chi connectivity index (χ3v) is 5.65. The van der Waals surface area contributed by atoms with Crippen LogP contribution in [0, 0.1) is 5.41 Å². The van der Waals surface area contributed by atoms with Gasteiger partial charge in [-0.25, -0.2) is 8.42 Å². The van der Waals surface area contributed by atoms with Crippen LogP contribution in [0.1, 0.15) is 16.7 Å². The minimum Gasteiger partial charge on any atom is -0.384 e. The van der Waals surface area contributed by atoms with Gasteiger partial charge in [0.05, 0.1) is 16.3 Å². The second-order valence-electron chi connectivity index (χ2n) is 6.15. The lowest BCUT2D eigenvalue weighted by Crippen LogP contribution is -2.21. The van der Waals surface area contributed by atoms with Gasteiger partial charge in [-0.15, -0.1) is 0 Å². The first-order valence-corrected chi connectivity index (χ1v) is 9.99. The van der Waals surface area contributed by atoms with E-state index in [1.54, 1.807) is 30.3 Å². The summed E-state index contributed by atoms with van der Waals surface area (Å²) in [7, 11) is -3.79. The second kappa shape index (κ2) is 8.12. The average Bonchev–Trinajstić information content (AvgIpc) is 2.70. The van der Waals surface area contributed by atoms with Crippen molar-refractivity contribution in [2.24, 2.45) is 11.6 Å². The van der Waals surface area contributed by atoms with Crippen LogP contribution in [0.3, 0.4) is 0 Å². The van der Waals surface area contributed by atoms with Crippen LogP contribution in [0.25, 0.3) is 0 Å². The van der Waals surface area contributed by atoms with Crippen LogP contribution in [0.4, 0.5) is 11.4 Å². The number of nitrogens with two attached hydrogens (primary N) is 2. The number of sulfonamides is 1. The predicted octanol–water partition coefficient (Wildman–Crippen LogP) is 2.65. The van der Waals surface area contributed by atoms with Crippen LogP contribution in [0.2, 0.25) is 0 Å². The molecule has 0 saturated carbocycles. The summed E-state index contributed by atoms with van der Waals surface area (Å²) in [6, 6.07) is 20.8. The molecule has 7 nitrogen and oxygen atoms in total. The Morgan fingerprint density at radius 1 is 0.929 bits per heavy atom. The van der Waals surface area contributed by atoms with E-state index < -0.39 is 10.0 Å². The van der Waals surface area contributed by atoms with E-state index in [9.17, 15) is 8.42 Å². The lowest BCUT2D eigenvalue weighted by Gasteiger charge is -2.19. The predicted molar refractivity (Wildman–Crippen MR) is 112 cm³/mol. The SMILES string of the molecule is N=C(N)c1ccc(NS(=O)(=O)c2ccccc2)c(Cc2ccccc2)c1NN. The number of hydrogen-bond donors (Lipinski definition) is 5. The third-order valence-electron chi connectivity index (χ3n) is 4.27. The Balaban J connectivity index is 2.11. The molecule has 0 fully saturated rings. The molecule has 3 aromatic carbocycles. The van der Waals surface area contributed by atoms with Crippen LogP contribution in [0.15, 0.2) is 77.7 Å². The van der Waals surface area contributed by atoms with E-state index in [0.29, 0.717) is 28.9 Å². The highest BCUT2D eigenvalue weighted by Gasteiger charge is 2.20. The molecule has 144 valence electrons. The zero-order chi connectivity index (χ0) is 20.1. The molecule has 0 saturated heterocycles. The van der Waals surface area contributed by atoms with Crippen molar-refractivity contribution < 1.29 is 8.42 Å². The van der Waals surface area contributed by atoms with Crippen molar-refractivity contribution in [3.05, 3.63) is 89.5 Å². The van der Waals surface area contributed by atoms with Crippen molar-refractivity contribution >= 4 is 27.2 Å². The molecule has 0 atom stereocenters. The number of amidine groups is 1. The van der Waals surface area contributed by atoms with Gasteiger partial charge in [0.25, 0.3) is 10.0 Å². The van der Waals surface area contributed by atoms with Crippen molar-refractivity contribution in [3.8, 4) is 0 Å². The van der Waals surface area contributed by atoms with E-state index in [2.05, 4.69) is 10.1 Å². The van der Waals surface area contributed by atoms with E-state index >= 15 is 0 Å². The molecule has 0 aliphatic rings. The van der Waals surface area contributed by atoms with Crippen molar-refractivity contribution in [3.63, 3.8) is 0 Å². The number of hydrogen-bond acceptors (Lipinski definition) is 5. The highest BCUT2D eigenvalue weighted by Crippen LogP contribution is 2.32. The van der Waals surface area contributed by atoms with Crippen LogP contribution < -0.4 is 21.7 Å². The molecule has 0 aliphatic heterocycles. The lowest BCUT2D eigenvalue weighted by molar-refractivity contribution is 0.601. The Morgan fingerprint density at radius 3 is 2.11 bits per heavy atom. The minimum absolute atomic E-state index is 0.151. The molecule has 7 N–H and O–H groups in total. The molecule has 0 aromatic heterocycles. The summed E-state index contributed by atoms with van der Waals surface area (Å²) in [5.41, 5.74) is 11.0. The van der Waals surface area contributed by atoms with E-state index in [4.69, 9.17) is 17.0 Å². The number of nitrogens with one attached hydrogen (secondary N) is 3. The number of rotatable bonds is 7. The molecule has 0 heterocycles. The van der Waals surface area contributed by atoms with Gasteiger partial charge in [0.1, 0.15) is 5.84 Å². The standard InChI is InChI=1S/C20H21N5O2S/c21-20(22)16-11-12-18(25-28(26,27)15-9-5-2-6-10-15)17(19(16)24-23)13-14-7-3-1-4-8-14/h1-12,24-25H,13,23H2,(H3,21,22). The summed E-state index contributed by atoms with van der Waals surface area (Å²) >= 11 is 0. The van der Waals surface area contributed by atoms with Crippen molar-refractivity contribution in [1.29, 1.82) is 5.41 Å². The van der Waals surface area contributed by atoms with Gasteiger partial charge in [-0.3, -0.25) is 16.0 Å². The summed E-state index contributed by atoms with van der Waals surface area (Å²) in [5.74, 6) is 5.54. The second-order valence-corrected chi connectivity index (χ2v) is 7.84. The molecule has 0 spiro atoms. The minimum atomic E-state index is -3.79. The molecular formula is C20H21N5O2S. The van der Waals surface area contributed by atoms with Crippen LogP contribution >= 0.6 is 0 Å². The normalized spacial score (nSPS) is 11.0. The Hall–Kier alpha value is -3.36. The highest BCUT2D eigenvalue weighted by molar-refractivity contribution is 7.92. The molecule has 3 aromatic rings. The third kappa shape index (κ3) is 4.13. The number of benzene rings is 3. The smallest absolute Gasteiger partial charge is 0.261 e. The maximum atomic E-state index is 12.8. The van der Waals surface area contributed by atoms with Gasteiger partial charge in [-0.2, -0.15) is 0 Å². The number of nitrogen functional groups attached to an aromatic ring is 2. The van der Waals surface area contributed by atoms with E-state index in [-0.39, 0.29) is 10.7 Å². The van der Waals surface area contributed by atoms with Gasteiger partial charge in [0, 0.05) is 17.5 Å². The van der Waals surface area contributed by atoms with Crippen LogP contribution in [0.5, 0.6) is 0 Å². The van der Waals surface area contributed by atoms with Gasteiger partial charge < -0.3 is 11.2 Å². The lowest BCUT2D eigenvalue weighted by atomic mass is 9.98. The molecular weight excluding hydrogens is 374 g/mol. The first-order valence-electron chi connectivity index (χ1n) is 8.51. The first kappa shape index (κ1) is 19.4. The molecule has 0 bridgehead atoms. The summed E-state index contributed by atoms with van der Waals surface area (Å²) in [4.78, 5) is 0.151. The number of hydrazine groups is 1. The first-order chi connectivity index (χ1) is 13.4. The van der Waals surface area contributed by atoms with Gasteiger partial charge >= 0.3 is 0 Å². The van der Waals surface area contributed by atoms with Crippen molar-refractivity contribution in [2.45, 2.75) is 11.3 Å². The Kier molecular flexibility index (Phi) is 5.62. The van der Waals surface area contributed by atoms with Gasteiger partial charge in [-0.05, 0) is 29.8 Å². The van der Waals surface area contributed by atoms with E-state index in [1.807, 2.05) is 30.3 Å². The van der Waals surface area contributed by atoms with Gasteiger partial charge in [0.2, 0.25) is 0 Å². The van der Waals surface area contributed by atoms with Crippen molar-refractivity contribution in [1.82, 2.24) is 0 Å². The molecule has 0 amide bonds. The topological polar surface area (TPSA) is 134 Å². The summed E-state index contributed by atoms with van der Waals surface area (Å²) in [6.07, 6.45) is 0.397. The maximum absolute atomic E-state index is 12.8. The zero-order valence-corrected chi connectivity index (χ0v) is 15.8. The zero-order valence-electron chi connectivity index (χ0n) is 15.0. The van der Waals surface area contributed by atoms with Crippen LogP contribution in [-0.4, -0.2) is 14.3 Å². The number of anilines is 2. The monoisotopic (exact) mass is 395 g/mol.